The van der Waals surface area contributed by atoms with Gasteiger partial charge in [0.1, 0.15) is 0 Å². The molecule has 3 heteroatoms. The van der Waals surface area contributed by atoms with Crippen molar-refractivity contribution >= 4 is 33.5 Å². The molecule has 2 unspecified atom stereocenters. The first-order chi connectivity index (χ1) is 8.66. The van der Waals surface area contributed by atoms with Crippen LogP contribution in [0.1, 0.15) is 43.0 Å². The van der Waals surface area contributed by atoms with Crippen molar-refractivity contribution in [2.24, 2.45) is 5.92 Å². The Morgan fingerprint density at radius 1 is 1.39 bits per heavy atom. The molecule has 2 atom stereocenters. The molecule has 1 aliphatic rings. The summed E-state index contributed by atoms with van der Waals surface area (Å²) in [5, 5.41) is 0.681. The Kier molecular flexibility index (Phi) is 5.31. The van der Waals surface area contributed by atoms with Gasteiger partial charge >= 0.3 is 0 Å². The van der Waals surface area contributed by atoms with Gasteiger partial charge in [-0.2, -0.15) is 11.8 Å². The maximum absolute atomic E-state index is 12.1. The first-order valence-corrected chi connectivity index (χ1v) is 8.40. The van der Waals surface area contributed by atoms with Crippen LogP contribution >= 0.6 is 27.7 Å². The van der Waals surface area contributed by atoms with E-state index in [1.807, 2.05) is 36.0 Å². The van der Waals surface area contributed by atoms with Gasteiger partial charge in [0.05, 0.1) is 5.75 Å². The number of halogens is 1. The molecule has 1 nitrogen and oxygen atoms in total. The van der Waals surface area contributed by atoms with Crippen molar-refractivity contribution in [1.29, 1.82) is 0 Å². The summed E-state index contributed by atoms with van der Waals surface area (Å²) in [6, 6.07) is 7.69. The number of hydrogen-bond donors (Lipinski definition) is 0. The molecule has 0 radical (unpaired) electrons. The zero-order valence-electron chi connectivity index (χ0n) is 10.7. The fourth-order valence-electron chi connectivity index (χ4n) is 2.49. The molecule has 1 saturated carbocycles. The lowest BCUT2D eigenvalue weighted by molar-refractivity contribution is 0.102. The fraction of sp³-hybridized carbons (Fsp3) is 0.533. The molecule has 2 rings (SSSR count). The minimum atomic E-state index is 0.241. The van der Waals surface area contributed by atoms with Gasteiger partial charge in [-0.15, -0.1) is 0 Å². The number of carbonyl (C=O) groups is 1. The van der Waals surface area contributed by atoms with E-state index < -0.39 is 0 Å². The van der Waals surface area contributed by atoms with Gasteiger partial charge in [0, 0.05) is 15.3 Å². The smallest absolute Gasteiger partial charge is 0.173 e. The Morgan fingerprint density at radius 2 is 2.17 bits per heavy atom. The Bertz CT molecular complexity index is 419. The zero-order chi connectivity index (χ0) is 13.0. The van der Waals surface area contributed by atoms with Crippen molar-refractivity contribution < 1.29 is 4.79 Å². The Labute approximate surface area is 122 Å². The molecule has 0 bridgehead atoms. The molecule has 1 aliphatic carbocycles. The lowest BCUT2D eigenvalue weighted by atomic mass is 9.91. The fourth-order valence-corrected chi connectivity index (χ4v) is 4.33. The van der Waals surface area contributed by atoms with Crippen molar-refractivity contribution in [2.45, 2.75) is 37.9 Å². The Hall–Kier alpha value is -0.280. The SMILES string of the molecule is CC1CCCC(SCC(=O)c2ccccc2Br)C1. The monoisotopic (exact) mass is 326 g/mol. The van der Waals surface area contributed by atoms with Gasteiger partial charge in [-0.3, -0.25) is 4.79 Å². The van der Waals surface area contributed by atoms with Crippen LogP contribution in [-0.2, 0) is 0 Å². The first-order valence-electron chi connectivity index (χ1n) is 6.56. The van der Waals surface area contributed by atoms with E-state index in [0.717, 1.165) is 16.0 Å². The van der Waals surface area contributed by atoms with Crippen LogP contribution in [0.2, 0.25) is 0 Å². The standard InChI is InChI=1S/C15H19BrOS/c1-11-5-4-6-12(9-11)18-10-15(17)13-7-2-3-8-14(13)16/h2-3,7-8,11-12H,4-6,9-10H2,1H3. The van der Waals surface area contributed by atoms with Crippen molar-refractivity contribution in [3.8, 4) is 0 Å². The Balaban J connectivity index is 1.87. The second-order valence-electron chi connectivity index (χ2n) is 5.11. The molecule has 98 valence electrons. The highest BCUT2D eigenvalue weighted by molar-refractivity contribution is 9.10. The van der Waals surface area contributed by atoms with E-state index in [-0.39, 0.29) is 5.78 Å². The van der Waals surface area contributed by atoms with E-state index in [1.165, 1.54) is 25.7 Å². The first kappa shape index (κ1) is 14.1. The lowest BCUT2D eigenvalue weighted by Crippen LogP contribution is -2.17. The number of thioether (sulfide) groups is 1. The topological polar surface area (TPSA) is 17.1 Å². The highest BCUT2D eigenvalue weighted by Gasteiger charge is 2.20. The summed E-state index contributed by atoms with van der Waals surface area (Å²) in [4.78, 5) is 12.1. The van der Waals surface area contributed by atoms with Crippen LogP contribution in [0, 0.1) is 5.92 Å². The second-order valence-corrected chi connectivity index (χ2v) is 7.25. The molecule has 0 spiro atoms. The normalized spacial score (nSPS) is 23.9. The highest BCUT2D eigenvalue weighted by atomic mass is 79.9. The molecule has 0 aliphatic heterocycles. The highest BCUT2D eigenvalue weighted by Crippen LogP contribution is 2.32. The summed E-state index contributed by atoms with van der Waals surface area (Å²) in [7, 11) is 0. The molecule has 0 heterocycles. The summed E-state index contributed by atoms with van der Waals surface area (Å²) in [5.74, 6) is 1.68. The van der Waals surface area contributed by atoms with E-state index in [2.05, 4.69) is 22.9 Å². The summed E-state index contributed by atoms with van der Waals surface area (Å²) in [6.45, 7) is 2.32. The van der Waals surface area contributed by atoms with Gasteiger partial charge in [-0.25, -0.2) is 0 Å². The summed E-state index contributed by atoms with van der Waals surface area (Å²) in [5.41, 5.74) is 0.814. The molecular weight excluding hydrogens is 308 g/mol. The minimum absolute atomic E-state index is 0.241. The number of rotatable bonds is 4. The van der Waals surface area contributed by atoms with Gasteiger partial charge in [0.15, 0.2) is 5.78 Å². The van der Waals surface area contributed by atoms with Crippen molar-refractivity contribution in [1.82, 2.24) is 0 Å². The van der Waals surface area contributed by atoms with Crippen LogP contribution in [0.25, 0.3) is 0 Å². The van der Waals surface area contributed by atoms with Crippen LogP contribution < -0.4 is 0 Å². The Morgan fingerprint density at radius 3 is 2.89 bits per heavy atom. The summed E-state index contributed by atoms with van der Waals surface area (Å²) < 4.78 is 0.910. The molecule has 1 aromatic carbocycles. The van der Waals surface area contributed by atoms with Crippen LogP contribution in [0.5, 0.6) is 0 Å². The molecule has 18 heavy (non-hydrogen) atoms. The minimum Gasteiger partial charge on any atom is -0.293 e. The van der Waals surface area contributed by atoms with Gasteiger partial charge in [-0.05, 0) is 24.8 Å². The van der Waals surface area contributed by atoms with Gasteiger partial charge < -0.3 is 0 Å². The number of hydrogen-bond acceptors (Lipinski definition) is 2. The molecule has 0 N–H and O–H groups in total. The van der Waals surface area contributed by atoms with Gasteiger partial charge in [0.25, 0.3) is 0 Å². The van der Waals surface area contributed by atoms with Gasteiger partial charge in [-0.1, -0.05) is 53.9 Å². The third-order valence-electron chi connectivity index (χ3n) is 3.51. The second kappa shape index (κ2) is 6.76. The largest absolute Gasteiger partial charge is 0.293 e. The molecule has 0 amide bonds. The van der Waals surface area contributed by atoms with Gasteiger partial charge in [0.2, 0.25) is 0 Å². The van der Waals surface area contributed by atoms with Crippen LogP contribution in [-0.4, -0.2) is 16.8 Å². The molecule has 0 aromatic heterocycles. The summed E-state index contributed by atoms with van der Waals surface area (Å²) >= 11 is 5.28. The zero-order valence-corrected chi connectivity index (χ0v) is 13.1. The van der Waals surface area contributed by atoms with Crippen LogP contribution in [0.4, 0.5) is 0 Å². The summed E-state index contributed by atoms with van der Waals surface area (Å²) in [6.07, 6.45) is 5.23. The average molecular weight is 327 g/mol. The van der Waals surface area contributed by atoms with E-state index >= 15 is 0 Å². The van der Waals surface area contributed by atoms with Crippen LogP contribution in [0.3, 0.4) is 0 Å². The quantitative estimate of drug-likeness (QED) is 0.728. The van der Waals surface area contributed by atoms with E-state index in [4.69, 9.17) is 0 Å². The number of ketones is 1. The van der Waals surface area contributed by atoms with E-state index in [0.29, 0.717) is 11.0 Å². The van der Waals surface area contributed by atoms with Crippen LogP contribution in [0.15, 0.2) is 28.7 Å². The molecule has 0 saturated heterocycles. The van der Waals surface area contributed by atoms with E-state index in [1.54, 1.807) is 0 Å². The van der Waals surface area contributed by atoms with Crippen molar-refractivity contribution in [3.63, 3.8) is 0 Å². The molecular formula is C15H19BrOS. The number of carbonyl (C=O) groups excluding carboxylic acids is 1. The maximum atomic E-state index is 12.1. The number of Topliss-reactive ketones (excluding diaryl/α,β-unsaturated/α-hetero) is 1. The van der Waals surface area contributed by atoms with Crippen molar-refractivity contribution in [2.75, 3.05) is 5.75 Å². The maximum Gasteiger partial charge on any atom is 0.173 e. The third-order valence-corrected chi connectivity index (χ3v) is 5.53. The lowest BCUT2D eigenvalue weighted by Gasteiger charge is -2.25. The molecule has 1 aromatic rings. The predicted molar refractivity (Wildman–Crippen MR) is 82.4 cm³/mol. The predicted octanol–water partition coefficient (Wildman–Crippen LogP) is 4.94. The average Bonchev–Trinajstić information content (AvgIpc) is 2.37. The van der Waals surface area contributed by atoms with Crippen molar-refractivity contribution in [3.05, 3.63) is 34.3 Å². The third kappa shape index (κ3) is 3.86. The van der Waals surface area contributed by atoms with E-state index in [9.17, 15) is 4.79 Å². The number of benzene rings is 1. The molecule has 1 fully saturated rings.